The first-order chi connectivity index (χ1) is 26.6. The van der Waals surface area contributed by atoms with E-state index in [0.29, 0.717) is 36.2 Å². The topological polar surface area (TPSA) is 71.1 Å². The number of carbonyl (C=O) groups excluding carboxylic acids is 2. The predicted molar refractivity (Wildman–Crippen MR) is 224 cm³/mol. The van der Waals surface area contributed by atoms with Gasteiger partial charge in [0.15, 0.2) is 0 Å². The van der Waals surface area contributed by atoms with Gasteiger partial charge in [-0.15, -0.1) is 0 Å². The lowest BCUT2D eigenvalue weighted by Crippen LogP contribution is -2.67. The van der Waals surface area contributed by atoms with Crippen molar-refractivity contribution in [3.8, 4) is 11.5 Å². The molecule has 6 nitrogen and oxygen atoms in total. The molecule has 0 saturated heterocycles. The normalized spacial score (nSPS) is 37.1. The minimum Gasteiger partial charge on any atom is -0.497 e. The number of carbonyl (C=O) groups is 2. The summed E-state index contributed by atoms with van der Waals surface area (Å²) in [7, 11) is 3.31. The summed E-state index contributed by atoms with van der Waals surface area (Å²) in [5.74, 6) is 3.65. The zero-order valence-electron chi connectivity index (χ0n) is 35.3. The lowest BCUT2D eigenvalue weighted by atomic mass is 9.32. The molecule has 0 aliphatic heterocycles. The van der Waals surface area contributed by atoms with Gasteiger partial charge in [0.2, 0.25) is 0 Å². The molecule has 0 aromatic heterocycles. The Kier molecular flexibility index (Phi) is 10.9. The van der Waals surface area contributed by atoms with E-state index in [1.807, 2.05) is 60.7 Å². The van der Waals surface area contributed by atoms with Crippen molar-refractivity contribution < 1.29 is 28.5 Å². The predicted octanol–water partition coefficient (Wildman–Crippen LogP) is 11.5. The number of fused-ring (bicyclic) bond motifs is 7. The summed E-state index contributed by atoms with van der Waals surface area (Å²) in [5.41, 5.74) is 3.62. The van der Waals surface area contributed by atoms with E-state index < -0.39 is 0 Å². The number of methoxy groups -OCH3 is 2. The van der Waals surface area contributed by atoms with Crippen LogP contribution in [-0.4, -0.2) is 38.9 Å². The van der Waals surface area contributed by atoms with Crippen LogP contribution in [0, 0.1) is 56.7 Å². The molecule has 0 spiro atoms. The first-order valence-electron chi connectivity index (χ1n) is 21.3. The number of allylic oxidation sites excluding steroid dienone is 1. The van der Waals surface area contributed by atoms with Crippen LogP contribution in [0.3, 0.4) is 0 Å². The van der Waals surface area contributed by atoms with Crippen LogP contribution in [0.25, 0.3) is 12.2 Å². The Morgan fingerprint density at radius 3 is 1.89 bits per heavy atom. The van der Waals surface area contributed by atoms with Crippen LogP contribution >= 0.6 is 0 Å². The van der Waals surface area contributed by atoms with Crippen LogP contribution in [0.1, 0.15) is 117 Å². The van der Waals surface area contributed by atoms with Gasteiger partial charge in [-0.25, -0.2) is 9.59 Å². The van der Waals surface area contributed by atoms with Crippen LogP contribution in [0.5, 0.6) is 11.5 Å². The van der Waals surface area contributed by atoms with Crippen LogP contribution in [0.2, 0.25) is 0 Å². The molecule has 5 aliphatic carbocycles. The first kappa shape index (κ1) is 40.4. The molecular weight excluding hydrogens is 697 g/mol. The van der Waals surface area contributed by atoms with Crippen molar-refractivity contribution in [3.63, 3.8) is 0 Å². The molecule has 6 heteroatoms. The third-order valence-corrected chi connectivity index (χ3v) is 17.0. The lowest BCUT2D eigenvalue weighted by Gasteiger charge is -2.73. The first-order valence-corrected chi connectivity index (χ1v) is 21.3. The fourth-order valence-electron chi connectivity index (χ4n) is 13.9. The summed E-state index contributed by atoms with van der Waals surface area (Å²) in [6.45, 7) is 19.9. The summed E-state index contributed by atoms with van der Waals surface area (Å²) in [4.78, 5) is 26.4. The van der Waals surface area contributed by atoms with E-state index in [9.17, 15) is 9.59 Å². The largest absolute Gasteiger partial charge is 0.497 e. The van der Waals surface area contributed by atoms with Crippen LogP contribution in [-0.2, 0) is 19.1 Å². The molecule has 5 fully saturated rings. The molecule has 7 rings (SSSR count). The zero-order valence-corrected chi connectivity index (χ0v) is 35.3. The second-order valence-electron chi connectivity index (χ2n) is 19.7. The summed E-state index contributed by atoms with van der Waals surface area (Å²) in [6, 6.07) is 15.4. The van der Waals surface area contributed by atoms with Crippen LogP contribution in [0.15, 0.2) is 72.8 Å². The van der Waals surface area contributed by atoms with Crippen molar-refractivity contribution in [1.29, 1.82) is 0 Å². The van der Waals surface area contributed by atoms with E-state index in [4.69, 9.17) is 18.9 Å². The van der Waals surface area contributed by atoms with Crippen molar-refractivity contribution in [1.82, 2.24) is 0 Å². The average Bonchev–Trinajstić information content (AvgIpc) is 3.57. The zero-order chi connectivity index (χ0) is 40.1. The molecule has 302 valence electrons. The number of rotatable bonds is 10. The standard InChI is InChI=1S/C50H66O6/c1-33(2)38-24-29-50(32-55-43(51)22-14-34-10-16-36(53-8)17-11-34)31-30-48(6)39(45(38)50)20-21-41-47(5)27-26-42(46(3,4)40(47)25-28-49(41,48)7)56-44(52)23-15-35-12-18-37(54-9)19-13-35/h10-19,22-23,38-42,45H,1,20-21,24-32H2,2-9H3/t38-,39+,40-,41+,42+,45-,47+,48+,49-,50-/m1/s1. The maximum absolute atomic E-state index is 13.2. The number of hydrogen-bond acceptors (Lipinski definition) is 6. The molecule has 56 heavy (non-hydrogen) atoms. The Bertz CT molecular complexity index is 1840. The highest BCUT2D eigenvalue weighted by Crippen LogP contribution is 2.77. The highest BCUT2D eigenvalue weighted by Gasteiger charge is 2.71. The molecule has 0 unspecified atom stereocenters. The van der Waals surface area contributed by atoms with Crippen molar-refractivity contribution in [2.75, 3.05) is 20.8 Å². The fraction of sp³-hybridized carbons (Fsp3) is 0.600. The molecule has 10 atom stereocenters. The fourth-order valence-corrected chi connectivity index (χ4v) is 13.9. The Hall–Kier alpha value is -3.80. The van der Waals surface area contributed by atoms with E-state index in [1.165, 1.54) is 31.3 Å². The third kappa shape index (κ3) is 6.85. The number of benzene rings is 2. The molecule has 0 heterocycles. The molecule has 0 amide bonds. The maximum atomic E-state index is 13.2. The Balaban J connectivity index is 1.06. The van der Waals surface area contributed by atoms with Crippen molar-refractivity contribution in [2.45, 2.75) is 112 Å². The van der Waals surface area contributed by atoms with Gasteiger partial charge in [-0.1, -0.05) is 71.0 Å². The minimum absolute atomic E-state index is 0.00649. The number of esters is 2. The highest BCUT2D eigenvalue weighted by molar-refractivity contribution is 5.87. The van der Waals surface area contributed by atoms with Gasteiger partial charge < -0.3 is 18.9 Å². The second-order valence-corrected chi connectivity index (χ2v) is 19.7. The van der Waals surface area contributed by atoms with Gasteiger partial charge in [0, 0.05) is 23.0 Å². The van der Waals surface area contributed by atoms with Gasteiger partial charge in [-0.05, 0) is 165 Å². The van der Waals surface area contributed by atoms with Gasteiger partial charge in [-0.2, -0.15) is 0 Å². The van der Waals surface area contributed by atoms with Crippen LogP contribution in [0.4, 0.5) is 0 Å². The molecule has 0 bridgehead atoms. The van der Waals surface area contributed by atoms with Crippen LogP contribution < -0.4 is 9.47 Å². The SMILES string of the molecule is C=C(C)[C@H]1CC[C@]2(COC(=O)C=Cc3ccc(OC)cc3)CC[C@@]3(C)[C@@H](CC[C@H]4[C@@]5(C)CC[C@H](OC(=O)C=Cc6ccc(OC)cc6)C(C)(C)[C@H]5CC[C@]43C)[C@@H]12. The van der Waals surface area contributed by atoms with E-state index in [1.54, 1.807) is 26.4 Å². The Morgan fingerprint density at radius 2 is 1.30 bits per heavy atom. The van der Waals surface area contributed by atoms with Gasteiger partial charge in [0.25, 0.3) is 0 Å². The summed E-state index contributed by atoms with van der Waals surface area (Å²) >= 11 is 0. The average molecular weight is 763 g/mol. The summed E-state index contributed by atoms with van der Waals surface area (Å²) < 4.78 is 23.1. The highest BCUT2D eigenvalue weighted by atomic mass is 16.5. The third-order valence-electron chi connectivity index (χ3n) is 17.0. The molecule has 0 N–H and O–H groups in total. The van der Waals surface area contributed by atoms with E-state index >= 15 is 0 Å². The monoisotopic (exact) mass is 762 g/mol. The second kappa shape index (κ2) is 15.2. The molecule has 2 aromatic carbocycles. The molecule has 2 aromatic rings. The molecular formula is C50H66O6. The summed E-state index contributed by atoms with van der Waals surface area (Å²) in [5, 5.41) is 0. The Labute approximate surface area is 336 Å². The van der Waals surface area contributed by atoms with E-state index in [2.05, 4.69) is 48.1 Å². The van der Waals surface area contributed by atoms with Crippen molar-refractivity contribution >= 4 is 24.1 Å². The Morgan fingerprint density at radius 1 is 0.696 bits per heavy atom. The lowest BCUT2D eigenvalue weighted by molar-refractivity contribution is -0.251. The molecule has 0 radical (unpaired) electrons. The quantitative estimate of drug-likeness (QED) is 0.136. The molecule has 5 saturated carbocycles. The summed E-state index contributed by atoms with van der Waals surface area (Å²) in [6.07, 6.45) is 18.0. The van der Waals surface area contributed by atoms with E-state index in [-0.39, 0.29) is 45.1 Å². The molecule has 5 aliphatic rings. The smallest absolute Gasteiger partial charge is 0.331 e. The van der Waals surface area contributed by atoms with Gasteiger partial charge in [-0.3, -0.25) is 0 Å². The number of ether oxygens (including phenoxy) is 4. The van der Waals surface area contributed by atoms with E-state index in [0.717, 1.165) is 61.2 Å². The van der Waals surface area contributed by atoms with Gasteiger partial charge in [0.05, 0.1) is 20.8 Å². The van der Waals surface area contributed by atoms with Crippen molar-refractivity contribution in [2.24, 2.45) is 56.7 Å². The number of hydrogen-bond donors (Lipinski definition) is 0. The van der Waals surface area contributed by atoms with Gasteiger partial charge in [0.1, 0.15) is 17.6 Å². The minimum atomic E-state index is -0.264. The van der Waals surface area contributed by atoms with Gasteiger partial charge >= 0.3 is 11.9 Å². The maximum Gasteiger partial charge on any atom is 0.331 e. The van der Waals surface area contributed by atoms with Crippen molar-refractivity contribution in [3.05, 3.63) is 84.0 Å².